The van der Waals surface area contributed by atoms with Gasteiger partial charge in [0.05, 0.1) is 5.69 Å². The summed E-state index contributed by atoms with van der Waals surface area (Å²) in [5.74, 6) is 0. The van der Waals surface area contributed by atoms with Crippen LogP contribution >= 0.6 is 0 Å². The number of hydrogen-bond acceptors (Lipinski definition) is 4. The first-order valence-corrected chi connectivity index (χ1v) is 23.6. The van der Waals surface area contributed by atoms with E-state index in [9.17, 15) is 0 Å². The number of aryl methyl sites for hydroxylation is 8. The summed E-state index contributed by atoms with van der Waals surface area (Å²) in [6.45, 7) is 0. The maximum atomic E-state index is 4.40. The Morgan fingerprint density at radius 1 is 0.303 bits per heavy atom. The Labute approximate surface area is 407 Å². The third kappa shape index (κ3) is 12.7. The van der Waals surface area contributed by atoms with Crippen LogP contribution in [-0.4, -0.2) is 19.9 Å². The maximum Gasteiger partial charge on any atom is 3.00 e. The van der Waals surface area contributed by atoms with Crippen LogP contribution in [0.15, 0.2) is 152 Å². The van der Waals surface area contributed by atoms with E-state index in [-0.39, 0.29) is 27.5 Å². The van der Waals surface area contributed by atoms with Crippen molar-refractivity contribution < 1.29 is 20.1 Å². The third-order valence-electron chi connectivity index (χ3n) is 13.0. The molecule has 0 N–H and O–H groups in total. The van der Waals surface area contributed by atoms with E-state index in [0.29, 0.717) is 0 Å². The predicted molar refractivity (Wildman–Crippen MR) is 268 cm³/mol. The van der Waals surface area contributed by atoms with Crippen molar-refractivity contribution in [2.45, 2.75) is 110 Å². The fourth-order valence-electron chi connectivity index (χ4n) is 9.42. The van der Waals surface area contributed by atoms with E-state index in [4.69, 9.17) is 0 Å². The van der Waals surface area contributed by atoms with Crippen molar-refractivity contribution in [3.8, 4) is 45.0 Å². The molecule has 0 saturated carbocycles. The van der Waals surface area contributed by atoms with Crippen molar-refractivity contribution in [1.82, 2.24) is 19.9 Å². The van der Waals surface area contributed by atoms with E-state index in [0.717, 1.165) is 39.5 Å². The number of pyridine rings is 4. The first-order valence-electron chi connectivity index (χ1n) is 23.6. The second-order valence-electron chi connectivity index (χ2n) is 17.4. The smallest absolute Gasteiger partial charge is 0.305 e. The minimum absolute atomic E-state index is 0. The number of fused-ring (bicyclic) bond motifs is 4. The zero-order valence-corrected chi connectivity index (χ0v) is 39.8. The molecule has 12 rings (SSSR count). The first-order chi connectivity index (χ1) is 31.7. The molecular weight excluding hydrogens is 981 g/mol. The van der Waals surface area contributed by atoms with Gasteiger partial charge in [-0.15, -0.1) is 105 Å². The zero-order valence-electron chi connectivity index (χ0n) is 37.4. The Bertz CT molecular complexity index is 2340. The van der Waals surface area contributed by atoms with Crippen LogP contribution < -0.4 is 0 Å². The molecule has 4 aromatic heterocycles. The second kappa shape index (κ2) is 24.6. The van der Waals surface area contributed by atoms with Crippen LogP contribution in [0.3, 0.4) is 0 Å². The minimum Gasteiger partial charge on any atom is -0.305 e. The van der Waals surface area contributed by atoms with Gasteiger partial charge in [-0.25, -0.2) is 0 Å². The van der Waals surface area contributed by atoms with Crippen molar-refractivity contribution in [2.24, 2.45) is 0 Å². The molecule has 66 heavy (non-hydrogen) atoms. The van der Waals surface area contributed by atoms with Gasteiger partial charge in [-0.05, 0) is 110 Å². The molecule has 0 fully saturated rings. The Kier molecular flexibility index (Phi) is 17.9. The van der Waals surface area contributed by atoms with Crippen molar-refractivity contribution in [2.75, 3.05) is 0 Å². The van der Waals surface area contributed by atoms with E-state index in [1.807, 2.05) is 91.5 Å². The summed E-state index contributed by atoms with van der Waals surface area (Å²) >= 11 is 0. The molecular formula is C61H61IrN4. The van der Waals surface area contributed by atoms with Gasteiger partial charge in [0.15, 0.2) is 0 Å². The minimum atomic E-state index is 0. The van der Waals surface area contributed by atoms with Gasteiger partial charge in [0.25, 0.3) is 0 Å². The predicted octanol–water partition coefficient (Wildman–Crippen LogP) is 14.5. The summed E-state index contributed by atoms with van der Waals surface area (Å²) in [6.07, 6.45) is 27.7. The Hall–Kier alpha value is -5.87. The molecule has 4 aliphatic carbocycles. The van der Waals surface area contributed by atoms with E-state index >= 15 is 0 Å². The number of rotatable bonds is 4. The average molecular weight is 1040 g/mol. The van der Waals surface area contributed by atoms with Gasteiger partial charge in [0, 0.05) is 30.4 Å². The zero-order chi connectivity index (χ0) is 43.2. The number of nitrogens with zero attached hydrogens (tertiary/aromatic N) is 4. The van der Waals surface area contributed by atoms with Crippen molar-refractivity contribution in [1.29, 1.82) is 0 Å². The Morgan fingerprint density at radius 2 is 0.606 bits per heavy atom. The molecule has 0 aliphatic heterocycles. The molecule has 8 aromatic rings. The maximum absolute atomic E-state index is 4.40. The molecule has 4 aromatic carbocycles. The number of hydrogen-bond donors (Lipinski definition) is 0. The largest absolute Gasteiger partial charge is 3.00 e. The Morgan fingerprint density at radius 3 is 0.939 bits per heavy atom. The quantitative estimate of drug-likeness (QED) is 0.165. The summed E-state index contributed by atoms with van der Waals surface area (Å²) < 4.78 is 0. The van der Waals surface area contributed by atoms with Crippen LogP contribution in [0.2, 0.25) is 0 Å². The normalized spacial score (nSPS) is 14.1. The van der Waals surface area contributed by atoms with Crippen LogP contribution in [0.4, 0.5) is 0 Å². The summed E-state index contributed by atoms with van der Waals surface area (Å²) in [7, 11) is 0. The number of benzene rings is 4. The van der Waals surface area contributed by atoms with E-state index in [1.54, 1.807) is 0 Å². The average Bonchev–Trinajstić information content (AvgIpc) is 3.39. The van der Waals surface area contributed by atoms with E-state index in [1.165, 1.54) is 153 Å². The van der Waals surface area contributed by atoms with Crippen LogP contribution in [0.1, 0.15) is 103 Å². The first kappa shape index (κ1) is 48.1. The molecule has 0 radical (unpaired) electrons. The number of aromatic nitrogens is 4. The van der Waals surface area contributed by atoms with Crippen LogP contribution in [0, 0.1) is 18.2 Å². The third-order valence-corrected chi connectivity index (χ3v) is 13.0. The summed E-state index contributed by atoms with van der Waals surface area (Å²) in [6, 6.07) is 54.2. The van der Waals surface area contributed by atoms with Gasteiger partial charge in [0.2, 0.25) is 0 Å². The summed E-state index contributed by atoms with van der Waals surface area (Å²) in [5, 5.41) is 0. The van der Waals surface area contributed by atoms with Crippen molar-refractivity contribution in [3.63, 3.8) is 0 Å². The molecule has 5 heteroatoms. The molecule has 4 nitrogen and oxygen atoms in total. The fraction of sp³-hybridized carbons (Fsp3) is 0.279. The molecule has 0 spiro atoms. The van der Waals surface area contributed by atoms with Gasteiger partial charge in [-0.1, -0.05) is 120 Å². The van der Waals surface area contributed by atoms with E-state index < -0.39 is 0 Å². The Balaban J connectivity index is 0.000000130. The monoisotopic (exact) mass is 1040 g/mol. The summed E-state index contributed by atoms with van der Waals surface area (Å²) in [5.41, 5.74) is 20.7. The molecule has 0 bridgehead atoms. The molecule has 4 heterocycles. The van der Waals surface area contributed by atoms with Crippen LogP contribution in [0.25, 0.3) is 45.0 Å². The SMILES string of the molecule is C.[Ir+3].[c-]1cc2c(cc1-c1ccccn1)CCCC2.[c-]1cc2c(cc1-c1ccccn1)CCCC2.[c-]1cc2c(cc1-c1ccccn1)CCCC2.c1ccc(-c2ccc3c(c2)CCCC3)nc1. The van der Waals surface area contributed by atoms with Gasteiger partial charge in [-0.2, -0.15) is 0 Å². The van der Waals surface area contributed by atoms with Crippen LogP contribution in [-0.2, 0) is 71.5 Å². The fourth-order valence-corrected chi connectivity index (χ4v) is 9.42. The summed E-state index contributed by atoms with van der Waals surface area (Å²) in [4.78, 5) is 17.5. The van der Waals surface area contributed by atoms with Crippen LogP contribution in [0.5, 0.6) is 0 Å². The molecule has 0 saturated heterocycles. The van der Waals surface area contributed by atoms with Crippen molar-refractivity contribution in [3.05, 3.63) is 215 Å². The molecule has 0 amide bonds. The van der Waals surface area contributed by atoms with Gasteiger partial charge in [-0.3, -0.25) is 4.98 Å². The topological polar surface area (TPSA) is 51.6 Å². The molecule has 4 aliphatic rings. The van der Waals surface area contributed by atoms with Gasteiger partial charge < -0.3 is 15.0 Å². The second-order valence-corrected chi connectivity index (χ2v) is 17.4. The molecule has 334 valence electrons. The molecule has 0 atom stereocenters. The molecule has 0 unspecified atom stereocenters. The van der Waals surface area contributed by atoms with Gasteiger partial charge in [0.1, 0.15) is 0 Å². The van der Waals surface area contributed by atoms with Gasteiger partial charge >= 0.3 is 20.1 Å². The standard InChI is InChI=1S/C15H15N.3C15H14N.CH4.Ir/c4*1-2-6-13-11-14(9-8-12(13)5-1)15-7-3-4-10-16-15;;/h3-4,7-11H,1-2,5-6H2;3*3-4,7-8,10-11H,1-2,5-6H2;1H4;/q;3*-1;;+3. The van der Waals surface area contributed by atoms with E-state index in [2.05, 4.69) is 98.8 Å². The van der Waals surface area contributed by atoms with Crippen molar-refractivity contribution >= 4 is 0 Å².